The number of carbonyl (C=O) groups is 2. The molecule has 1 amide bonds. The molecule has 1 aromatic carbocycles. The summed E-state index contributed by atoms with van der Waals surface area (Å²) in [6.07, 6.45) is 0. The average Bonchev–Trinajstić information content (AvgIpc) is 2.91. The third-order valence-electron chi connectivity index (χ3n) is 2.50. The van der Waals surface area contributed by atoms with Crippen LogP contribution in [-0.4, -0.2) is 28.6 Å². The van der Waals surface area contributed by atoms with Crippen LogP contribution >= 0.6 is 23.2 Å². The van der Waals surface area contributed by atoms with E-state index in [0.717, 1.165) is 0 Å². The quantitative estimate of drug-likeness (QED) is 0.836. The van der Waals surface area contributed by atoms with Gasteiger partial charge >= 0.3 is 5.97 Å². The van der Waals surface area contributed by atoms with Crippen molar-refractivity contribution in [1.82, 2.24) is 15.5 Å². The highest BCUT2D eigenvalue weighted by molar-refractivity contribution is 6.42. The molecular weight excluding hydrogens is 333 g/mol. The minimum Gasteiger partial charge on any atom is -0.454 e. The Hall–Kier alpha value is -2.12. The molecule has 7 nitrogen and oxygen atoms in total. The molecule has 9 heteroatoms. The molecule has 0 atom stereocenters. The molecule has 1 N–H and O–H groups in total. The average molecular weight is 344 g/mol. The van der Waals surface area contributed by atoms with Gasteiger partial charge in [-0.05, 0) is 25.1 Å². The summed E-state index contributed by atoms with van der Waals surface area (Å²) in [5, 5.41) is 6.55. The van der Waals surface area contributed by atoms with Crippen LogP contribution in [0.3, 0.4) is 0 Å². The van der Waals surface area contributed by atoms with Crippen molar-refractivity contribution in [1.29, 1.82) is 0 Å². The van der Waals surface area contributed by atoms with Gasteiger partial charge in [-0.25, -0.2) is 0 Å². The van der Waals surface area contributed by atoms with Crippen LogP contribution in [0.25, 0.3) is 0 Å². The fourth-order valence-electron chi connectivity index (χ4n) is 1.48. The van der Waals surface area contributed by atoms with E-state index in [2.05, 4.69) is 15.5 Å². The second kappa shape index (κ2) is 7.24. The monoisotopic (exact) mass is 343 g/mol. The zero-order valence-corrected chi connectivity index (χ0v) is 12.9. The van der Waals surface area contributed by atoms with Gasteiger partial charge in [0.25, 0.3) is 11.8 Å². The molecule has 0 aliphatic heterocycles. The molecule has 0 spiro atoms. The smallest absolute Gasteiger partial charge is 0.325 e. The van der Waals surface area contributed by atoms with Crippen LogP contribution in [0.5, 0.6) is 0 Å². The van der Waals surface area contributed by atoms with Gasteiger partial charge in [0.05, 0.1) is 10.0 Å². The summed E-state index contributed by atoms with van der Waals surface area (Å²) in [5.41, 5.74) is 0.287. The molecule has 0 radical (unpaired) electrons. The fourth-order valence-corrected chi connectivity index (χ4v) is 1.78. The highest BCUT2D eigenvalue weighted by Crippen LogP contribution is 2.22. The molecule has 22 heavy (non-hydrogen) atoms. The second-order valence-corrected chi connectivity index (χ2v) is 5.02. The lowest BCUT2D eigenvalue weighted by molar-refractivity contribution is -0.144. The Kier molecular flexibility index (Phi) is 5.35. The van der Waals surface area contributed by atoms with Crippen LogP contribution in [0.4, 0.5) is 0 Å². The summed E-state index contributed by atoms with van der Waals surface area (Å²) in [6, 6.07) is 4.40. The first-order valence-electron chi connectivity index (χ1n) is 6.14. The van der Waals surface area contributed by atoms with Crippen molar-refractivity contribution in [2.45, 2.75) is 13.5 Å². The van der Waals surface area contributed by atoms with Crippen LogP contribution in [0.2, 0.25) is 10.0 Å². The van der Waals surface area contributed by atoms with Gasteiger partial charge in [-0.15, -0.1) is 0 Å². The van der Waals surface area contributed by atoms with E-state index in [4.69, 9.17) is 32.5 Å². The Morgan fingerprint density at radius 3 is 2.73 bits per heavy atom. The number of hydrogen-bond donors (Lipinski definition) is 1. The number of hydrogen-bond acceptors (Lipinski definition) is 6. The highest BCUT2D eigenvalue weighted by Gasteiger charge is 2.12. The first-order chi connectivity index (χ1) is 10.5. The van der Waals surface area contributed by atoms with Gasteiger partial charge in [-0.3, -0.25) is 9.59 Å². The van der Waals surface area contributed by atoms with E-state index in [0.29, 0.717) is 10.8 Å². The maximum atomic E-state index is 11.8. The van der Waals surface area contributed by atoms with E-state index < -0.39 is 11.9 Å². The van der Waals surface area contributed by atoms with E-state index in [1.807, 2.05) is 0 Å². The number of nitrogens with zero attached hydrogens (tertiary/aromatic N) is 2. The largest absolute Gasteiger partial charge is 0.454 e. The molecule has 0 fully saturated rings. The lowest BCUT2D eigenvalue weighted by Gasteiger charge is -2.06. The molecule has 2 rings (SSSR count). The van der Waals surface area contributed by atoms with E-state index >= 15 is 0 Å². The molecule has 0 saturated carbocycles. The summed E-state index contributed by atoms with van der Waals surface area (Å²) in [5.74, 6) is -0.478. The van der Waals surface area contributed by atoms with E-state index in [-0.39, 0.29) is 29.6 Å². The number of amides is 1. The summed E-state index contributed by atoms with van der Waals surface area (Å²) in [6.45, 7) is 1.20. The maximum absolute atomic E-state index is 11.8. The van der Waals surface area contributed by atoms with Gasteiger partial charge in [0, 0.05) is 5.56 Å². The predicted octanol–water partition coefficient (Wildman–Crippen LogP) is 2.16. The molecule has 0 bridgehead atoms. The van der Waals surface area contributed by atoms with Crippen LogP contribution in [0.1, 0.15) is 22.1 Å². The van der Waals surface area contributed by atoms with Crippen molar-refractivity contribution in [3.8, 4) is 0 Å². The summed E-state index contributed by atoms with van der Waals surface area (Å²) in [7, 11) is 0. The normalized spacial score (nSPS) is 10.3. The molecule has 1 heterocycles. The van der Waals surface area contributed by atoms with Crippen molar-refractivity contribution in [3.05, 3.63) is 45.5 Å². The minimum absolute atomic E-state index is 0.150. The molecule has 1 aromatic heterocycles. The SMILES string of the molecule is Cc1noc(COC(=O)CNC(=O)c2ccc(Cl)c(Cl)c2)n1. The van der Waals surface area contributed by atoms with Crippen LogP contribution in [0, 0.1) is 6.92 Å². The van der Waals surface area contributed by atoms with E-state index in [9.17, 15) is 9.59 Å². The Morgan fingerprint density at radius 2 is 2.09 bits per heavy atom. The van der Waals surface area contributed by atoms with Gasteiger partial charge in [0.1, 0.15) is 6.54 Å². The van der Waals surface area contributed by atoms with E-state index in [1.54, 1.807) is 6.92 Å². The van der Waals surface area contributed by atoms with Gasteiger partial charge in [0.2, 0.25) is 0 Å². The fraction of sp³-hybridized carbons (Fsp3) is 0.231. The predicted molar refractivity (Wildman–Crippen MR) is 77.6 cm³/mol. The topological polar surface area (TPSA) is 94.3 Å². The van der Waals surface area contributed by atoms with Gasteiger partial charge in [0.15, 0.2) is 12.4 Å². The molecule has 116 valence electrons. The molecular formula is C13H11Cl2N3O4. The third kappa shape index (κ3) is 4.44. The standard InChI is InChI=1S/C13H11Cl2N3O4/c1-7-17-11(22-18-7)6-21-12(19)5-16-13(20)8-2-3-9(14)10(15)4-8/h2-4H,5-6H2,1H3,(H,16,20). The van der Waals surface area contributed by atoms with Crippen LogP contribution in [0.15, 0.2) is 22.7 Å². The van der Waals surface area contributed by atoms with Gasteiger partial charge in [-0.1, -0.05) is 28.4 Å². The first kappa shape index (κ1) is 16.3. The van der Waals surface area contributed by atoms with Crippen LogP contribution < -0.4 is 5.32 Å². The van der Waals surface area contributed by atoms with Crippen molar-refractivity contribution >= 4 is 35.1 Å². The number of ether oxygens (including phenoxy) is 1. The number of rotatable bonds is 5. The molecule has 2 aromatic rings. The Labute approximate surface area is 135 Å². The van der Waals surface area contributed by atoms with Gasteiger partial charge in [-0.2, -0.15) is 4.98 Å². The second-order valence-electron chi connectivity index (χ2n) is 4.21. The third-order valence-corrected chi connectivity index (χ3v) is 3.24. The van der Waals surface area contributed by atoms with Crippen molar-refractivity contribution in [2.75, 3.05) is 6.54 Å². The summed E-state index contributed by atoms with van der Waals surface area (Å²) >= 11 is 11.6. The molecule has 0 saturated heterocycles. The maximum Gasteiger partial charge on any atom is 0.325 e. The molecule has 0 aliphatic rings. The molecule has 0 aliphatic carbocycles. The Balaban J connectivity index is 1.80. The first-order valence-corrected chi connectivity index (χ1v) is 6.89. The van der Waals surface area contributed by atoms with Gasteiger partial charge < -0.3 is 14.6 Å². The van der Waals surface area contributed by atoms with Crippen molar-refractivity contribution in [3.63, 3.8) is 0 Å². The summed E-state index contributed by atoms with van der Waals surface area (Å²) in [4.78, 5) is 27.2. The van der Waals surface area contributed by atoms with Crippen molar-refractivity contribution in [2.24, 2.45) is 0 Å². The minimum atomic E-state index is -0.635. The van der Waals surface area contributed by atoms with E-state index in [1.165, 1.54) is 18.2 Å². The number of carbonyl (C=O) groups excluding carboxylic acids is 2. The number of aryl methyl sites for hydroxylation is 1. The van der Waals surface area contributed by atoms with Crippen molar-refractivity contribution < 1.29 is 18.8 Å². The zero-order chi connectivity index (χ0) is 16.1. The Morgan fingerprint density at radius 1 is 1.32 bits per heavy atom. The highest BCUT2D eigenvalue weighted by atomic mass is 35.5. The number of halogens is 2. The zero-order valence-electron chi connectivity index (χ0n) is 11.4. The lowest BCUT2D eigenvalue weighted by atomic mass is 10.2. The number of esters is 1. The lowest BCUT2D eigenvalue weighted by Crippen LogP contribution is -2.30. The van der Waals surface area contributed by atoms with Crippen LogP contribution in [-0.2, 0) is 16.1 Å². The summed E-state index contributed by atoms with van der Waals surface area (Å²) < 4.78 is 9.65. The Bertz CT molecular complexity index is 702. The number of nitrogens with one attached hydrogen (secondary N) is 1. The molecule has 0 unspecified atom stereocenters. The number of aromatic nitrogens is 2. The number of benzene rings is 1.